The first kappa shape index (κ1) is 23.5. The Morgan fingerprint density at radius 3 is 2.38 bits per heavy atom. The Morgan fingerprint density at radius 2 is 1.59 bits per heavy atom. The third kappa shape index (κ3) is 6.23. The van der Waals surface area contributed by atoms with Crippen molar-refractivity contribution >= 4 is 28.3 Å². The van der Waals surface area contributed by atoms with E-state index in [4.69, 9.17) is 31.2 Å². The number of fused-ring (bicyclic) bond motifs is 1. The fraction of sp³-hybridized carbons (Fsp3) is 0.222. The second-order valence-electron chi connectivity index (χ2n) is 7.74. The number of aliphatic carboxylic acids is 1. The summed E-state index contributed by atoms with van der Waals surface area (Å²) < 4.78 is 11.5. The van der Waals surface area contributed by atoms with Gasteiger partial charge in [0.1, 0.15) is 5.75 Å². The lowest BCUT2D eigenvalue weighted by Gasteiger charge is -2.11. The lowest BCUT2D eigenvalue weighted by Crippen LogP contribution is -2.02. The number of alkyl halides is 1. The van der Waals surface area contributed by atoms with Crippen LogP contribution in [-0.2, 0) is 4.79 Å². The van der Waals surface area contributed by atoms with E-state index in [1.165, 1.54) is 0 Å². The zero-order valence-corrected chi connectivity index (χ0v) is 19.4. The van der Waals surface area contributed by atoms with Crippen LogP contribution < -0.4 is 9.47 Å². The number of nitrogens with zero attached hydrogens (tertiary/aromatic N) is 2. The Morgan fingerprint density at radius 1 is 0.824 bits per heavy atom. The standard InChI is InChI=1S/C27H25ClN2O4/c28-13-5-15-34-25-18-24(19-6-2-1-3-7-19)29-27(30-25)22-10-9-21-17-23(12-11-20(21)16-22)33-14-4-8-26(31)32/h1-3,6-7,9-12,16-18H,4-5,8,13-15H2,(H,31,32). The van der Waals surface area contributed by atoms with E-state index >= 15 is 0 Å². The molecule has 3 aromatic carbocycles. The van der Waals surface area contributed by atoms with Crippen molar-refractivity contribution in [2.45, 2.75) is 19.3 Å². The predicted molar refractivity (Wildman–Crippen MR) is 134 cm³/mol. The Bertz CT molecular complexity index is 1260. The number of halogens is 1. The largest absolute Gasteiger partial charge is 0.494 e. The van der Waals surface area contributed by atoms with E-state index < -0.39 is 5.97 Å². The fourth-order valence-electron chi connectivity index (χ4n) is 3.48. The first-order valence-electron chi connectivity index (χ1n) is 11.1. The number of hydrogen-bond acceptors (Lipinski definition) is 5. The molecule has 4 aromatic rings. The number of ether oxygens (including phenoxy) is 2. The first-order valence-corrected chi connectivity index (χ1v) is 11.7. The van der Waals surface area contributed by atoms with E-state index in [1.54, 1.807) is 0 Å². The van der Waals surface area contributed by atoms with Gasteiger partial charge < -0.3 is 14.6 Å². The summed E-state index contributed by atoms with van der Waals surface area (Å²) in [5.41, 5.74) is 2.65. The number of benzene rings is 3. The molecule has 0 aliphatic rings. The molecule has 0 unspecified atom stereocenters. The average Bonchev–Trinajstić information content (AvgIpc) is 2.86. The predicted octanol–water partition coefficient (Wildman–Crippen LogP) is 6.22. The highest BCUT2D eigenvalue weighted by molar-refractivity contribution is 6.17. The molecule has 0 bridgehead atoms. The van der Waals surface area contributed by atoms with Crippen molar-refractivity contribution in [3.8, 4) is 34.3 Å². The van der Waals surface area contributed by atoms with Crippen LogP contribution in [0.25, 0.3) is 33.4 Å². The molecule has 0 radical (unpaired) electrons. The summed E-state index contributed by atoms with van der Waals surface area (Å²) in [6.45, 7) is 0.851. The summed E-state index contributed by atoms with van der Waals surface area (Å²) in [6.07, 6.45) is 1.30. The SMILES string of the molecule is O=C(O)CCCOc1ccc2cc(-c3nc(OCCCCl)cc(-c4ccccc4)n3)ccc2c1. The van der Waals surface area contributed by atoms with Crippen molar-refractivity contribution < 1.29 is 19.4 Å². The van der Waals surface area contributed by atoms with Crippen molar-refractivity contribution in [2.75, 3.05) is 19.1 Å². The minimum absolute atomic E-state index is 0.0938. The smallest absolute Gasteiger partial charge is 0.303 e. The Labute approximate surface area is 203 Å². The highest BCUT2D eigenvalue weighted by atomic mass is 35.5. The molecule has 0 saturated heterocycles. The monoisotopic (exact) mass is 476 g/mol. The molecular formula is C27H25ClN2O4. The maximum absolute atomic E-state index is 10.6. The second-order valence-corrected chi connectivity index (χ2v) is 8.12. The molecular weight excluding hydrogens is 452 g/mol. The van der Waals surface area contributed by atoms with Gasteiger partial charge in [-0.15, -0.1) is 11.6 Å². The summed E-state index contributed by atoms with van der Waals surface area (Å²) >= 11 is 5.79. The number of carbonyl (C=O) groups is 1. The summed E-state index contributed by atoms with van der Waals surface area (Å²) in [4.78, 5) is 20.1. The number of hydrogen-bond donors (Lipinski definition) is 1. The number of carboxylic acid groups (broad SMARTS) is 1. The molecule has 0 saturated carbocycles. The van der Waals surface area contributed by atoms with E-state index in [-0.39, 0.29) is 6.42 Å². The minimum atomic E-state index is -0.819. The van der Waals surface area contributed by atoms with Crippen LogP contribution in [0.3, 0.4) is 0 Å². The van der Waals surface area contributed by atoms with Gasteiger partial charge in [-0.05, 0) is 41.8 Å². The third-order valence-electron chi connectivity index (χ3n) is 5.17. The average molecular weight is 477 g/mol. The molecule has 1 N–H and O–H groups in total. The van der Waals surface area contributed by atoms with Gasteiger partial charge in [0, 0.05) is 29.5 Å². The highest BCUT2D eigenvalue weighted by Crippen LogP contribution is 2.29. The van der Waals surface area contributed by atoms with Crippen molar-refractivity contribution in [1.82, 2.24) is 9.97 Å². The van der Waals surface area contributed by atoms with Crippen molar-refractivity contribution in [2.24, 2.45) is 0 Å². The molecule has 0 fully saturated rings. The lowest BCUT2D eigenvalue weighted by molar-refractivity contribution is -0.137. The number of aromatic nitrogens is 2. The molecule has 4 rings (SSSR count). The van der Waals surface area contributed by atoms with Gasteiger partial charge >= 0.3 is 5.97 Å². The van der Waals surface area contributed by atoms with E-state index in [9.17, 15) is 4.79 Å². The van der Waals surface area contributed by atoms with Crippen LogP contribution >= 0.6 is 11.6 Å². The van der Waals surface area contributed by atoms with Gasteiger partial charge in [0.15, 0.2) is 5.82 Å². The van der Waals surface area contributed by atoms with E-state index in [2.05, 4.69) is 4.98 Å². The maximum atomic E-state index is 10.6. The molecule has 34 heavy (non-hydrogen) atoms. The van der Waals surface area contributed by atoms with E-state index in [0.717, 1.165) is 34.0 Å². The van der Waals surface area contributed by atoms with Gasteiger partial charge in [-0.3, -0.25) is 4.79 Å². The first-order chi connectivity index (χ1) is 16.6. The molecule has 6 nitrogen and oxygen atoms in total. The van der Waals surface area contributed by atoms with Crippen LogP contribution in [0.2, 0.25) is 0 Å². The van der Waals surface area contributed by atoms with Gasteiger partial charge in [0.25, 0.3) is 0 Å². The topological polar surface area (TPSA) is 81.5 Å². The Kier molecular flexibility index (Phi) is 7.94. The molecule has 174 valence electrons. The summed E-state index contributed by atoms with van der Waals surface area (Å²) in [5.74, 6) is 1.51. The second kappa shape index (κ2) is 11.5. The zero-order valence-electron chi connectivity index (χ0n) is 18.6. The van der Waals surface area contributed by atoms with Crippen molar-refractivity contribution in [3.05, 3.63) is 72.8 Å². The number of rotatable bonds is 11. The molecule has 0 atom stereocenters. The molecule has 1 heterocycles. The molecule has 0 aliphatic carbocycles. The fourth-order valence-corrected chi connectivity index (χ4v) is 3.59. The normalized spacial score (nSPS) is 10.9. The maximum Gasteiger partial charge on any atom is 0.303 e. The van der Waals surface area contributed by atoms with Gasteiger partial charge in [0.2, 0.25) is 5.88 Å². The Balaban J connectivity index is 1.60. The number of carboxylic acids is 1. The van der Waals surface area contributed by atoms with Crippen molar-refractivity contribution in [3.63, 3.8) is 0 Å². The zero-order chi connectivity index (χ0) is 23.8. The van der Waals surface area contributed by atoms with Gasteiger partial charge in [-0.25, -0.2) is 4.98 Å². The quantitative estimate of drug-likeness (QED) is 0.204. The minimum Gasteiger partial charge on any atom is -0.494 e. The van der Waals surface area contributed by atoms with Crippen LogP contribution in [0.5, 0.6) is 11.6 Å². The van der Waals surface area contributed by atoms with Crippen LogP contribution in [0.1, 0.15) is 19.3 Å². The third-order valence-corrected chi connectivity index (χ3v) is 5.44. The summed E-state index contributed by atoms with van der Waals surface area (Å²) in [7, 11) is 0. The Hall–Kier alpha value is -3.64. The molecule has 0 amide bonds. The summed E-state index contributed by atoms with van der Waals surface area (Å²) in [6, 6.07) is 23.6. The van der Waals surface area contributed by atoms with E-state index in [1.807, 2.05) is 72.8 Å². The van der Waals surface area contributed by atoms with Crippen LogP contribution in [0.4, 0.5) is 0 Å². The molecule has 0 spiro atoms. The molecule has 1 aromatic heterocycles. The van der Waals surface area contributed by atoms with Crippen LogP contribution in [-0.4, -0.2) is 40.1 Å². The lowest BCUT2D eigenvalue weighted by atomic mass is 10.1. The van der Waals surface area contributed by atoms with Gasteiger partial charge in [-0.1, -0.05) is 48.5 Å². The van der Waals surface area contributed by atoms with Crippen LogP contribution in [0.15, 0.2) is 72.8 Å². The van der Waals surface area contributed by atoms with Gasteiger partial charge in [0.05, 0.1) is 18.9 Å². The van der Waals surface area contributed by atoms with E-state index in [0.29, 0.717) is 43.0 Å². The summed E-state index contributed by atoms with van der Waals surface area (Å²) in [5, 5.41) is 10.8. The van der Waals surface area contributed by atoms with Gasteiger partial charge in [-0.2, -0.15) is 4.98 Å². The van der Waals surface area contributed by atoms with Crippen LogP contribution in [0, 0.1) is 0 Å². The molecule has 0 aliphatic heterocycles. The van der Waals surface area contributed by atoms with Crippen molar-refractivity contribution in [1.29, 1.82) is 0 Å². The molecule has 7 heteroatoms. The highest BCUT2D eigenvalue weighted by Gasteiger charge is 2.11.